The van der Waals surface area contributed by atoms with Crippen molar-refractivity contribution in [2.75, 3.05) is 7.11 Å². The van der Waals surface area contributed by atoms with Crippen LogP contribution in [0.5, 0.6) is 0 Å². The van der Waals surface area contributed by atoms with E-state index in [0.717, 1.165) is 25.7 Å². The van der Waals surface area contributed by atoms with Crippen molar-refractivity contribution in [3.05, 3.63) is 71.3 Å². The Morgan fingerprint density at radius 2 is 1.46 bits per heavy atom. The number of rotatable bonds is 9. The number of hydrogen-bond donors (Lipinski definition) is 1. The number of aliphatic hydroxyl groups is 1. The molecule has 0 aliphatic carbocycles. The van der Waals surface area contributed by atoms with E-state index in [1.54, 1.807) is 7.11 Å². The zero-order valence-corrected chi connectivity index (χ0v) is 16.5. The molecule has 0 radical (unpaired) electrons. The van der Waals surface area contributed by atoms with Gasteiger partial charge in [-0.25, -0.2) is 0 Å². The molecular formula is C24H32O2. The fraction of sp³-hybridized carbons (Fsp3) is 0.417. The number of methoxy groups -OCH3 is 1. The molecule has 0 aliphatic rings. The first-order valence-electron chi connectivity index (χ1n) is 9.44. The Morgan fingerprint density at radius 1 is 0.846 bits per heavy atom. The standard InChI is InChI=1S/C24H32O2/c1-23(2,25)17-8-9-18-24(3,26-4)22-14-10-13-21(19-22)16-15-20-11-6-5-7-12-20/h5-7,10-16,19,25H,8-9,17-18H2,1-4H3. The molecule has 0 aliphatic heterocycles. The van der Waals surface area contributed by atoms with Crippen LogP contribution >= 0.6 is 0 Å². The van der Waals surface area contributed by atoms with E-state index in [-0.39, 0.29) is 5.60 Å². The van der Waals surface area contributed by atoms with Gasteiger partial charge in [0.25, 0.3) is 0 Å². The molecule has 2 nitrogen and oxygen atoms in total. The molecule has 0 heterocycles. The molecule has 1 atom stereocenters. The minimum absolute atomic E-state index is 0.309. The van der Waals surface area contributed by atoms with E-state index in [2.05, 4.69) is 55.5 Å². The third-order valence-corrected chi connectivity index (χ3v) is 4.91. The van der Waals surface area contributed by atoms with Crippen LogP contribution in [-0.2, 0) is 10.3 Å². The van der Waals surface area contributed by atoms with Crippen molar-refractivity contribution in [2.24, 2.45) is 0 Å². The lowest BCUT2D eigenvalue weighted by Gasteiger charge is -2.29. The summed E-state index contributed by atoms with van der Waals surface area (Å²) >= 11 is 0. The predicted octanol–water partition coefficient (Wildman–Crippen LogP) is 6.05. The highest BCUT2D eigenvalue weighted by Crippen LogP contribution is 2.32. The van der Waals surface area contributed by atoms with Crippen molar-refractivity contribution in [1.82, 2.24) is 0 Å². The molecule has 2 rings (SSSR count). The predicted molar refractivity (Wildman–Crippen MR) is 111 cm³/mol. The average Bonchev–Trinajstić information content (AvgIpc) is 2.64. The average molecular weight is 353 g/mol. The van der Waals surface area contributed by atoms with E-state index in [0.29, 0.717) is 0 Å². The van der Waals surface area contributed by atoms with Gasteiger partial charge in [0, 0.05) is 7.11 Å². The van der Waals surface area contributed by atoms with Crippen LogP contribution in [0.15, 0.2) is 54.6 Å². The smallest absolute Gasteiger partial charge is 0.0899 e. The Kier molecular flexibility index (Phi) is 7.19. The van der Waals surface area contributed by atoms with Crippen LogP contribution in [0.2, 0.25) is 0 Å². The van der Waals surface area contributed by atoms with Crippen LogP contribution < -0.4 is 0 Å². The summed E-state index contributed by atoms with van der Waals surface area (Å²) in [4.78, 5) is 0. The monoisotopic (exact) mass is 352 g/mol. The lowest BCUT2D eigenvalue weighted by Crippen LogP contribution is -2.25. The van der Waals surface area contributed by atoms with E-state index >= 15 is 0 Å². The van der Waals surface area contributed by atoms with Gasteiger partial charge >= 0.3 is 0 Å². The molecule has 0 bridgehead atoms. The minimum Gasteiger partial charge on any atom is -0.390 e. The van der Waals surface area contributed by atoms with Crippen LogP contribution in [0.3, 0.4) is 0 Å². The first-order chi connectivity index (χ1) is 12.3. The third-order valence-electron chi connectivity index (χ3n) is 4.91. The second kappa shape index (κ2) is 9.16. The maximum absolute atomic E-state index is 9.87. The Hall–Kier alpha value is -1.90. The van der Waals surface area contributed by atoms with Gasteiger partial charge in [-0.3, -0.25) is 0 Å². The van der Waals surface area contributed by atoms with E-state index in [1.165, 1.54) is 16.7 Å². The lowest BCUT2D eigenvalue weighted by molar-refractivity contribution is -0.00955. The largest absolute Gasteiger partial charge is 0.390 e. The van der Waals surface area contributed by atoms with Crippen LogP contribution in [0.1, 0.15) is 63.1 Å². The molecule has 0 spiro atoms. The third kappa shape index (κ3) is 6.44. The highest BCUT2D eigenvalue weighted by molar-refractivity contribution is 5.69. The summed E-state index contributed by atoms with van der Waals surface area (Å²) in [6.07, 6.45) is 8.04. The van der Waals surface area contributed by atoms with Crippen molar-refractivity contribution in [3.63, 3.8) is 0 Å². The Morgan fingerprint density at radius 3 is 2.12 bits per heavy atom. The molecule has 1 unspecified atom stereocenters. The first kappa shape index (κ1) is 20.4. The number of ether oxygens (including phenoxy) is 1. The summed E-state index contributed by atoms with van der Waals surface area (Å²) in [7, 11) is 1.78. The molecule has 0 aromatic heterocycles. The minimum atomic E-state index is -0.592. The van der Waals surface area contributed by atoms with Gasteiger partial charge in [0.2, 0.25) is 0 Å². The van der Waals surface area contributed by atoms with Gasteiger partial charge in [0.1, 0.15) is 0 Å². The summed E-state index contributed by atoms with van der Waals surface area (Å²) in [6, 6.07) is 18.9. The van der Waals surface area contributed by atoms with Crippen LogP contribution in [-0.4, -0.2) is 17.8 Å². The van der Waals surface area contributed by atoms with E-state index in [9.17, 15) is 5.11 Å². The van der Waals surface area contributed by atoms with E-state index in [4.69, 9.17) is 4.74 Å². The van der Waals surface area contributed by atoms with Gasteiger partial charge in [-0.1, -0.05) is 73.5 Å². The van der Waals surface area contributed by atoms with Gasteiger partial charge < -0.3 is 9.84 Å². The number of hydrogen-bond acceptors (Lipinski definition) is 2. The molecule has 140 valence electrons. The van der Waals surface area contributed by atoms with E-state index in [1.807, 2.05) is 32.0 Å². The number of benzene rings is 2. The van der Waals surface area contributed by atoms with Gasteiger partial charge in [-0.2, -0.15) is 0 Å². The first-order valence-corrected chi connectivity index (χ1v) is 9.44. The maximum atomic E-state index is 9.87. The summed E-state index contributed by atoms with van der Waals surface area (Å²) in [5.74, 6) is 0. The van der Waals surface area contributed by atoms with Gasteiger partial charge in [0.05, 0.1) is 11.2 Å². The fourth-order valence-electron chi connectivity index (χ4n) is 3.11. The second-order valence-electron chi connectivity index (χ2n) is 7.82. The topological polar surface area (TPSA) is 29.5 Å². The maximum Gasteiger partial charge on any atom is 0.0899 e. The molecule has 0 saturated heterocycles. The Labute approximate surface area is 158 Å². The highest BCUT2D eigenvalue weighted by Gasteiger charge is 2.26. The normalized spacial score (nSPS) is 14.5. The summed E-state index contributed by atoms with van der Waals surface area (Å²) in [5, 5.41) is 9.87. The van der Waals surface area contributed by atoms with Crippen molar-refractivity contribution < 1.29 is 9.84 Å². The van der Waals surface area contributed by atoms with Crippen molar-refractivity contribution in [3.8, 4) is 0 Å². The SMILES string of the molecule is COC(C)(CCCCC(C)(C)O)c1cccc(C=Cc2ccccc2)c1. The summed E-state index contributed by atoms with van der Waals surface area (Å²) in [6.45, 7) is 5.88. The summed E-state index contributed by atoms with van der Waals surface area (Å²) in [5.41, 5.74) is 2.66. The molecule has 0 fully saturated rings. The summed E-state index contributed by atoms with van der Waals surface area (Å²) < 4.78 is 5.89. The van der Waals surface area contributed by atoms with Crippen LogP contribution in [0, 0.1) is 0 Å². The lowest BCUT2D eigenvalue weighted by atomic mass is 9.88. The van der Waals surface area contributed by atoms with Crippen molar-refractivity contribution in [2.45, 2.75) is 57.7 Å². The zero-order valence-electron chi connectivity index (χ0n) is 16.5. The molecule has 0 saturated carbocycles. The molecule has 0 amide bonds. The van der Waals surface area contributed by atoms with Gasteiger partial charge in [-0.05, 0) is 56.4 Å². The van der Waals surface area contributed by atoms with Crippen LogP contribution in [0.4, 0.5) is 0 Å². The molecular weight excluding hydrogens is 320 g/mol. The Bertz CT molecular complexity index is 698. The number of unbranched alkanes of at least 4 members (excludes halogenated alkanes) is 1. The van der Waals surface area contributed by atoms with Crippen molar-refractivity contribution >= 4 is 12.2 Å². The molecule has 2 aromatic carbocycles. The second-order valence-corrected chi connectivity index (χ2v) is 7.82. The molecule has 26 heavy (non-hydrogen) atoms. The quantitative estimate of drug-likeness (QED) is 0.440. The van der Waals surface area contributed by atoms with Crippen molar-refractivity contribution in [1.29, 1.82) is 0 Å². The van der Waals surface area contributed by atoms with E-state index < -0.39 is 5.60 Å². The Balaban J connectivity index is 2.06. The zero-order chi connectivity index (χ0) is 19.0. The molecule has 2 heteroatoms. The van der Waals surface area contributed by atoms with Crippen LogP contribution in [0.25, 0.3) is 12.2 Å². The molecule has 2 aromatic rings. The van der Waals surface area contributed by atoms with Gasteiger partial charge in [0.15, 0.2) is 0 Å². The van der Waals surface area contributed by atoms with Gasteiger partial charge in [-0.15, -0.1) is 0 Å². The highest BCUT2D eigenvalue weighted by atomic mass is 16.5. The fourth-order valence-corrected chi connectivity index (χ4v) is 3.11. The molecule has 1 N–H and O–H groups in total.